The third kappa shape index (κ3) is 4.11. The third-order valence-corrected chi connectivity index (χ3v) is 4.14. The Labute approximate surface area is 111 Å². The topological polar surface area (TPSA) is 38.0 Å². The largest absolute Gasteiger partial charge is 0.271 e. The summed E-state index contributed by atoms with van der Waals surface area (Å²) in [6.45, 7) is 2.15. The van der Waals surface area contributed by atoms with E-state index in [2.05, 4.69) is 36.6 Å². The number of nitrogens with two attached hydrogens (primary N) is 1. The van der Waals surface area contributed by atoms with Crippen LogP contribution in [0.4, 0.5) is 0 Å². The standard InChI is InChI=1S/C16H26N2/c1-13-6-5-9-15(10-13)12-16(18-17)11-14-7-3-2-4-8-14/h5-6,9-10,14,16,18H,2-4,7-8,11-12,17H2,1H3. The molecule has 1 fully saturated rings. The molecule has 2 nitrogen and oxygen atoms in total. The summed E-state index contributed by atoms with van der Waals surface area (Å²) in [7, 11) is 0. The van der Waals surface area contributed by atoms with E-state index in [1.807, 2.05) is 0 Å². The molecule has 0 bridgehead atoms. The Morgan fingerprint density at radius 3 is 2.72 bits per heavy atom. The van der Waals surface area contributed by atoms with Crippen LogP contribution in [0.15, 0.2) is 24.3 Å². The van der Waals surface area contributed by atoms with Gasteiger partial charge in [-0.3, -0.25) is 11.3 Å². The fourth-order valence-corrected chi connectivity index (χ4v) is 3.16. The first-order valence-electron chi connectivity index (χ1n) is 7.29. The normalized spacial score (nSPS) is 18.8. The van der Waals surface area contributed by atoms with E-state index < -0.39 is 0 Å². The second kappa shape index (κ2) is 6.91. The molecule has 1 aromatic rings. The highest BCUT2D eigenvalue weighted by Gasteiger charge is 2.18. The van der Waals surface area contributed by atoms with Crippen LogP contribution in [0, 0.1) is 12.8 Å². The van der Waals surface area contributed by atoms with Crippen molar-refractivity contribution in [1.29, 1.82) is 0 Å². The number of rotatable bonds is 5. The lowest BCUT2D eigenvalue weighted by molar-refractivity contribution is 0.298. The molecule has 0 aliphatic heterocycles. The number of hydrogen-bond donors (Lipinski definition) is 2. The lowest BCUT2D eigenvalue weighted by atomic mass is 9.83. The number of hydrogen-bond acceptors (Lipinski definition) is 2. The number of aryl methyl sites for hydroxylation is 1. The van der Waals surface area contributed by atoms with Crippen molar-refractivity contribution < 1.29 is 0 Å². The van der Waals surface area contributed by atoms with Crippen LogP contribution < -0.4 is 11.3 Å². The highest BCUT2D eigenvalue weighted by atomic mass is 15.2. The van der Waals surface area contributed by atoms with Crippen LogP contribution in [0.5, 0.6) is 0 Å². The third-order valence-electron chi connectivity index (χ3n) is 4.14. The summed E-state index contributed by atoms with van der Waals surface area (Å²) in [5.74, 6) is 6.61. The molecule has 1 saturated carbocycles. The number of hydrazine groups is 1. The molecule has 0 saturated heterocycles. The van der Waals surface area contributed by atoms with Crippen molar-refractivity contribution in [2.24, 2.45) is 11.8 Å². The van der Waals surface area contributed by atoms with Crippen molar-refractivity contribution in [2.45, 2.75) is 57.9 Å². The Balaban J connectivity index is 1.88. The lowest BCUT2D eigenvalue weighted by Gasteiger charge is -2.26. The molecule has 0 heterocycles. The fraction of sp³-hybridized carbons (Fsp3) is 0.625. The van der Waals surface area contributed by atoms with Crippen molar-refractivity contribution in [3.63, 3.8) is 0 Å². The molecular formula is C16H26N2. The molecule has 100 valence electrons. The van der Waals surface area contributed by atoms with Gasteiger partial charge in [0, 0.05) is 6.04 Å². The predicted molar refractivity (Wildman–Crippen MR) is 77.2 cm³/mol. The minimum Gasteiger partial charge on any atom is -0.271 e. The van der Waals surface area contributed by atoms with E-state index in [1.54, 1.807) is 0 Å². The number of benzene rings is 1. The van der Waals surface area contributed by atoms with Gasteiger partial charge in [-0.2, -0.15) is 0 Å². The fourth-order valence-electron chi connectivity index (χ4n) is 3.16. The van der Waals surface area contributed by atoms with Crippen LogP contribution in [0.3, 0.4) is 0 Å². The van der Waals surface area contributed by atoms with E-state index in [9.17, 15) is 0 Å². The molecule has 0 spiro atoms. The van der Waals surface area contributed by atoms with Gasteiger partial charge in [-0.1, -0.05) is 61.9 Å². The van der Waals surface area contributed by atoms with Crippen LogP contribution in [-0.2, 0) is 6.42 Å². The Bertz CT molecular complexity index is 356. The zero-order valence-electron chi connectivity index (χ0n) is 11.5. The van der Waals surface area contributed by atoms with Crippen molar-refractivity contribution in [3.05, 3.63) is 35.4 Å². The van der Waals surface area contributed by atoms with Gasteiger partial charge in [0.1, 0.15) is 0 Å². The van der Waals surface area contributed by atoms with Gasteiger partial charge in [0.2, 0.25) is 0 Å². The molecule has 3 N–H and O–H groups in total. The lowest BCUT2D eigenvalue weighted by Crippen LogP contribution is -2.38. The maximum Gasteiger partial charge on any atom is 0.0253 e. The first kappa shape index (κ1) is 13.6. The average molecular weight is 246 g/mol. The SMILES string of the molecule is Cc1cccc(CC(CC2CCCCC2)NN)c1. The van der Waals surface area contributed by atoms with E-state index in [-0.39, 0.29) is 0 Å². The van der Waals surface area contributed by atoms with Gasteiger partial charge in [0.15, 0.2) is 0 Å². The van der Waals surface area contributed by atoms with Crippen molar-refractivity contribution in [3.8, 4) is 0 Å². The zero-order valence-corrected chi connectivity index (χ0v) is 11.5. The number of nitrogens with one attached hydrogen (secondary N) is 1. The average Bonchev–Trinajstić information content (AvgIpc) is 2.39. The maximum absolute atomic E-state index is 5.73. The summed E-state index contributed by atoms with van der Waals surface area (Å²) in [6.07, 6.45) is 9.31. The predicted octanol–water partition coefficient (Wildman–Crippen LogP) is 3.34. The van der Waals surface area contributed by atoms with Crippen molar-refractivity contribution in [1.82, 2.24) is 5.43 Å². The minimum absolute atomic E-state index is 0.426. The molecule has 1 aliphatic rings. The summed E-state index contributed by atoms with van der Waals surface area (Å²) in [4.78, 5) is 0. The second-order valence-corrected chi connectivity index (χ2v) is 5.80. The van der Waals surface area contributed by atoms with Gasteiger partial charge in [0.25, 0.3) is 0 Å². The van der Waals surface area contributed by atoms with E-state index in [0.29, 0.717) is 6.04 Å². The molecule has 1 unspecified atom stereocenters. The quantitative estimate of drug-likeness (QED) is 0.617. The van der Waals surface area contributed by atoms with E-state index in [4.69, 9.17) is 5.84 Å². The Morgan fingerprint density at radius 2 is 2.06 bits per heavy atom. The molecule has 1 atom stereocenters. The van der Waals surface area contributed by atoms with Crippen LogP contribution in [0.1, 0.15) is 49.7 Å². The van der Waals surface area contributed by atoms with Gasteiger partial charge < -0.3 is 0 Å². The summed E-state index contributed by atoms with van der Waals surface area (Å²) >= 11 is 0. The molecule has 18 heavy (non-hydrogen) atoms. The highest BCUT2D eigenvalue weighted by molar-refractivity contribution is 5.22. The van der Waals surface area contributed by atoms with Crippen LogP contribution >= 0.6 is 0 Å². The molecule has 2 heteroatoms. The van der Waals surface area contributed by atoms with E-state index in [1.165, 1.54) is 49.7 Å². The minimum atomic E-state index is 0.426. The van der Waals surface area contributed by atoms with Crippen molar-refractivity contribution in [2.75, 3.05) is 0 Å². The van der Waals surface area contributed by atoms with E-state index >= 15 is 0 Å². The summed E-state index contributed by atoms with van der Waals surface area (Å²) in [6, 6.07) is 9.19. The van der Waals surface area contributed by atoms with Crippen LogP contribution in [0.2, 0.25) is 0 Å². The summed E-state index contributed by atoms with van der Waals surface area (Å²) in [5.41, 5.74) is 5.75. The zero-order chi connectivity index (χ0) is 12.8. The molecule has 0 radical (unpaired) electrons. The van der Waals surface area contributed by atoms with Crippen molar-refractivity contribution >= 4 is 0 Å². The van der Waals surface area contributed by atoms with Crippen LogP contribution in [-0.4, -0.2) is 6.04 Å². The Hall–Kier alpha value is -0.860. The molecule has 0 aromatic heterocycles. The van der Waals surface area contributed by atoms with Gasteiger partial charge in [0.05, 0.1) is 0 Å². The van der Waals surface area contributed by atoms with Gasteiger partial charge in [-0.15, -0.1) is 0 Å². The van der Waals surface area contributed by atoms with Gasteiger partial charge in [-0.25, -0.2) is 0 Å². The summed E-state index contributed by atoms with van der Waals surface area (Å²) < 4.78 is 0. The molecule has 2 rings (SSSR count). The highest BCUT2D eigenvalue weighted by Crippen LogP contribution is 2.27. The van der Waals surface area contributed by atoms with Crippen LogP contribution in [0.25, 0.3) is 0 Å². The van der Waals surface area contributed by atoms with Gasteiger partial charge >= 0.3 is 0 Å². The Morgan fingerprint density at radius 1 is 1.28 bits per heavy atom. The van der Waals surface area contributed by atoms with E-state index in [0.717, 1.165) is 12.3 Å². The van der Waals surface area contributed by atoms with Gasteiger partial charge in [-0.05, 0) is 31.2 Å². The molecule has 1 aromatic carbocycles. The first-order valence-corrected chi connectivity index (χ1v) is 7.29. The smallest absolute Gasteiger partial charge is 0.0253 e. The summed E-state index contributed by atoms with van der Waals surface area (Å²) in [5, 5.41) is 0. The monoisotopic (exact) mass is 246 g/mol. The molecule has 1 aliphatic carbocycles. The first-order chi connectivity index (χ1) is 8.78. The maximum atomic E-state index is 5.73. The Kier molecular flexibility index (Phi) is 5.21. The molecular weight excluding hydrogens is 220 g/mol. The second-order valence-electron chi connectivity index (χ2n) is 5.80. The molecule has 0 amide bonds.